The van der Waals surface area contributed by atoms with Crippen molar-refractivity contribution in [1.29, 1.82) is 0 Å². The van der Waals surface area contributed by atoms with Gasteiger partial charge in [-0.2, -0.15) is 0 Å². The highest BCUT2D eigenvalue weighted by atomic mass is 31.2. The zero-order chi connectivity index (χ0) is 73.1. The third-order valence-corrected chi connectivity index (χ3v) is 20.8. The zero-order valence-corrected chi connectivity index (χ0v) is 66.9. The van der Waals surface area contributed by atoms with Gasteiger partial charge in [0.2, 0.25) is 0 Å². The lowest BCUT2D eigenvalue weighted by molar-refractivity contribution is -0.161. The molecule has 0 aromatic carbocycles. The van der Waals surface area contributed by atoms with Gasteiger partial charge in [-0.3, -0.25) is 37.3 Å². The number of hydrogen-bond acceptors (Lipinski definition) is 15. The van der Waals surface area contributed by atoms with Gasteiger partial charge in [-0.25, -0.2) is 9.13 Å². The van der Waals surface area contributed by atoms with Gasteiger partial charge in [0.15, 0.2) is 12.2 Å². The Morgan fingerprint density at radius 3 is 0.717 bits per heavy atom. The van der Waals surface area contributed by atoms with Crippen LogP contribution in [0.2, 0.25) is 0 Å². The Morgan fingerprint density at radius 2 is 0.485 bits per heavy atom. The number of aliphatic hydroxyl groups excluding tert-OH is 1. The summed E-state index contributed by atoms with van der Waals surface area (Å²) >= 11 is 0. The lowest BCUT2D eigenvalue weighted by Crippen LogP contribution is -2.30. The highest BCUT2D eigenvalue weighted by molar-refractivity contribution is 7.47. The molecule has 0 aliphatic heterocycles. The van der Waals surface area contributed by atoms with Crippen LogP contribution < -0.4 is 0 Å². The highest BCUT2D eigenvalue weighted by Gasteiger charge is 2.30. The molecule has 0 amide bonds. The van der Waals surface area contributed by atoms with Gasteiger partial charge in [-0.15, -0.1) is 0 Å². The van der Waals surface area contributed by atoms with E-state index in [0.29, 0.717) is 31.6 Å². The van der Waals surface area contributed by atoms with Gasteiger partial charge >= 0.3 is 39.5 Å². The standard InChI is InChI=1S/C80H156O17P2/c1-9-73(8)59-51-43-37-39-45-53-61-78(83)91-67-76(97-80(85)63-54-46-34-30-26-22-18-13-11-10-12-16-20-24-28-32-40-48-56-70(2)3)69-95-99(88,89)93-65-74(81)64-92-98(86,87)94-68-75(66-90-77(82)60-52-44-38-36-42-50-58-72(6)7)96-79(84)62-55-47-35-31-27-23-19-15-14-17-21-25-29-33-41-49-57-71(4)5/h70-76,81H,9-69H2,1-8H3,(H,86,87)(H,88,89)/t73?,74-,75-,76-/m1/s1. The summed E-state index contributed by atoms with van der Waals surface area (Å²) in [6.45, 7) is 14.2. The lowest BCUT2D eigenvalue weighted by atomic mass is 10.00. The van der Waals surface area contributed by atoms with Crippen molar-refractivity contribution >= 4 is 39.5 Å². The molecule has 0 aromatic heterocycles. The topological polar surface area (TPSA) is 237 Å². The second kappa shape index (κ2) is 69.1. The fourth-order valence-corrected chi connectivity index (χ4v) is 13.8. The molecule has 0 saturated carbocycles. The average Bonchev–Trinajstić information content (AvgIpc) is 1.04. The van der Waals surface area contributed by atoms with E-state index < -0.39 is 97.5 Å². The second-order valence-corrected chi connectivity index (χ2v) is 33.4. The lowest BCUT2D eigenvalue weighted by Gasteiger charge is -2.21. The maximum absolute atomic E-state index is 13.1. The van der Waals surface area contributed by atoms with Crippen molar-refractivity contribution in [3.05, 3.63) is 0 Å². The van der Waals surface area contributed by atoms with Crippen LogP contribution in [-0.2, 0) is 65.4 Å². The molecule has 0 bridgehead atoms. The minimum Gasteiger partial charge on any atom is -0.462 e. The summed E-state index contributed by atoms with van der Waals surface area (Å²) in [6, 6.07) is 0. The van der Waals surface area contributed by atoms with Gasteiger partial charge in [0, 0.05) is 25.7 Å². The van der Waals surface area contributed by atoms with Crippen molar-refractivity contribution in [1.82, 2.24) is 0 Å². The third-order valence-electron chi connectivity index (χ3n) is 18.9. The summed E-state index contributed by atoms with van der Waals surface area (Å²) in [5.41, 5.74) is 0. The van der Waals surface area contributed by atoms with Crippen LogP contribution >= 0.6 is 15.6 Å². The molecule has 0 spiro atoms. The molecule has 0 aliphatic rings. The van der Waals surface area contributed by atoms with E-state index in [1.54, 1.807) is 0 Å². The first kappa shape index (κ1) is 97.1. The molecule has 19 heteroatoms. The second-order valence-electron chi connectivity index (χ2n) is 30.5. The van der Waals surface area contributed by atoms with Gasteiger partial charge in [0.1, 0.15) is 19.3 Å². The number of phosphoric acid groups is 2. The zero-order valence-electron chi connectivity index (χ0n) is 65.1. The van der Waals surface area contributed by atoms with E-state index >= 15 is 0 Å². The summed E-state index contributed by atoms with van der Waals surface area (Å²) in [5.74, 6) is 0.920. The first-order valence-corrected chi connectivity index (χ1v) is 44.2. The number of phosphoric ester groups is 2. The Morgan fingerprint density at radius 1 is 0.283 bits per heavy atom. The molecule has 3 unspecified atom stereocenters. The molecule has 0 heterocycles. The van der Waals surface area contributed by atoms with E-state index in [1.807, 2.05) is 0 Å². The van der Waals surface area contributed by atoms with E-state index in [4.69, 9.17) is 37.0 Å². The fourth-order valence-electron chi connectivity index (χ4n) is 12.2. The number of esters is 4. The van der Waals surface area contributed by atoms with Crippen LogP contribution in [0.15, 0.2) is 0 Å². The molecule has 0 rings (SSSR count). The van der Waals surface area contributed by atoms with Crippen molar-refractivity contribution in [2.75, 3.05) is 39.6 Å². The van der Waals surface area contributed by atoms with E-state index in [-0.39, 0.29) is 25.7 Å². The maximum atomic E-state index is 13.1. The molecular formula is C80H156O17P2. The SMILES string of the molecule is CCC(C)CCCCCCCCC(=O)OC[C@H](COP(=O)(O)OC[C@H](O)COP(=O)(O)OC[C@@H](COC(=O)CCCCCCCCC(C)C)OC(=O)CCCCCCCCCCCCCCCCCCC(C)C)OC(=O)CCCCCCCCCCCCCCCCCCCCC(C)C. The quantitative estimate of drug-likeness (QED) is 0.0222. The van der Waals surface area contributed by atoms with Crippen molar-refractivity contribution in [2.45, 2.75) is 427 Å². The largest absolute Gasteiger partial charge is 0.472 e. The molecule has 0 fully saturated rings. The Kier molecular flexibility index (Phi) is 67.8. The average molecular weight is 1450 g/mol. The van der Waals surface area contributed by atoms with E-state index in [1.165, 1.54) is 199 Å². The van der Waals surface area contributed by atoms with Crippen LogP contribution in [0.3, 0.4) is 0 Å². The minimum atomic E-state index is -4.96. The number of unbranched alkanes of at least 4 members (excludes halogenated alkanes) is 42. The van der Waals surface area contributed by atoms with Crippen molar-refractivity contribution in [3.63, 3.8) is 0 Å². The van der Waals surface area contributed by atoms with Crippen LogP contribution in [-0.4, -0.2) is 96.7 Å². The predicted octanol–water partition coefficient (Wildman–Crippen LogP) is 23.6. The molecule has 17 nitrogen and oxygen atoms in total. The summed E-state index contributed by atoms with van der Waals surface area (Å²) in [6.07, 6.45) is 55.9. The maximum Gasteiger partial charge on any atom is 0.472 e. The van der Waals surface area contributed by atoms with Crippen LogP contribution in [0.1, 0.15) is 409 Å². The number of ether oxygens (including phenoxy) is 4. The fraction of sp³-hybridized carbons (Fsp3) is 0.950. The third kappa shape index (κ3) is 72.8. The number of hydrogen-bond donors (Lipinski definition) is 3. The summed E-state index contributed by atoms with van der Waals surface area (Å²) in [5, 5.41) is 10.6. The summed E-state index contributed by atoms with van der Waals surface area (Å²) in [7, 11) is -9.92. The van der Waals surface area contributed by atoms with Gasteiger partial charge < -0.3 is 33.8 Å². The molecule has 0 aromatic rings. The van der Waals surface area contributed by atoms with E-state index in [2.05, 4.69) is 55.4 Å². The van der Waals surface area contributed by atoms with Gasteiger partial charge in [-0.05, 0) is 49.4 Å². The van der Waals surface area contributed by atoms with E-state index in [0.717, 1.165) is 120 Å². The molecular weight excluding hydrogens is 1290 g/mol. The van der Waals surface area contributed by atoms with Gasteiger partial charge in [0.25, 0.3) is 0 Å². The van der Waals surface area contributed by atoms with E-state index in [9.17, 15) is 43.2 Å². The Bertz CT molecular complexity index is 1940. The first-order valence-electron chi connectivity index (χ1n) is 41.2. The Labute approximate surface area is 607 Å². The molecule has 588 valence electrons. The number of rotatable bonds is 77. The number of carbonyl (C=O) groups is 4. The molecule has 0 saturated heterocycles. The first-order chi connectivity index (χ1) is 47.6. The summed E-state index contributed by atoms with van der Waals surface area (Å²) < 4.78 is 68.6. The molecule has 0 radical (unpaired) electrons. The Balaban J connectivity index is 5.15. The van der Waals surface area contributed by atoms with Crippen LogP contribution in [0.25, 0.3) is 0 Å². The van der Waals surface area contributed by atoms with Crippen molar-refractivity contribution < 1.29 is 80.2 Å². The monoisotopic (exact) mass is 1450 g/mol. The van der Waals surface area contributed by atoms with Crippen LogP contribution in [0.5, 0.6) is 0 Å². The minimum absolute atomic E-state index is 0.106. The van der Waals surface area contributed by atoms with Crippen LogP contribution in [0, 0.1) is 23.7 Å². The number of aliphatic hydroxyl groups is 1. The van der Waals surface area contributed by atoms with Gasteiger partial charge in [0.05, 0.1) is 26.4 Å². The highest BCUT2D eigenvalue weighted by Crippen LogP contribution is 2.45. The number of carbonyl (C=O) groups excluding carboxylic acids is 4. The predicted molar refractivity (Wildman–Crippen MR) is 404 cm³/mol. The molecule has 3 N–H and O–H groups in total. The molecule has 0 aliphatic carbocycles. The Hall–Kier alpha value is -1.94. The molecule has 6 atom stereocenters. The smallest absolute Gasteiger partial charge is 0.462 e. The van der Waals surface area contributed by atoms with Crippen molar-refractivity contribution in [3.8, 4) is 0 Å². The normalized spacial score (nSPS) is 14.3. The molecule has 99 heavy (non-hydrogen) atoms. The summed E-state index contributed by atoms with van der Waals surface area (Å²) in [4.78, 5) is 72.9. The van der Waals surface area contributed by atoms with Crippen molar-refractivity contribution in [2.24, 2.45) is 23.7 Å². The van der Waals surface area contributed by atoms with Crippen LogP contribution in [0.4, 0.5) is 0 Å². The van der Waals surface area contributed by atoms with Gasteiger partial charge in [-0.1, -0.05) is 357 Å².